The number of nitrogens with zero attached hydrogens (tertiary/aromatic N) is 5. The Balaban J connectivity index is 0.00000215. The third-order valence-electron chi connectivity index (χ3n) is 10.7. The predicted molar refractivity (Wildman–Crippen MR) is 244 cm³/mol. The van der Waals surface area contributed by atoms with Crippen molar-refractivity contribution in [2.45, 2.75) is 27.7 Å². The predicted octanol–water partition coefficient (Wildman–Crippen LogP) is 12.2. The van der Waals surface area contributed by atoms with Gasteiger partial charge in [-0.1, -0.05) is 147 Å². The lowest BCUT2D eigenvalue weighted by atomic mass is 9.99. The fraction of sp³-hybridized carbons (Fsp3) is 0.0755. The van der Waals surface area contributed by atoms with E-state index in [0.717, 1.165) is 61.0 Å². The molecule has 0 radical (unpaired) electrons. The molecule has 0 amide bonds. The van der Waals surface area contributed by atoms with Crippen molar-refractivity contribution < 1.29 is 0 Å². The average molecular weight is 750 g/mol. The minimum absolute atomic E-state index is 0.635. The second kappa shape index (κ2) is 15.6. The zero-order chi connectivity index (χ0) is 39.6. The highest BCUT2D eigenvalue weighted by atomic mass is 15.0. The maximum atomic E-state index is 5.18. The smallest absolute Gasteiger partial charge is 0.164 e. The fourth-order valence-corrected chi connectivity index (χ4v) is 8.18. The molecule has 0 spiro atoms. The SMILES string of the molecule is C/C=c1\c(=C/C)n(-c2ccccc2)c2ccc(-c3ccc4c(c3)c3c(-c5nc(-c6ccccc6)nc(-c6ccccc6)n5)cccc3n4-c3ccccc3)cc12.CC. The Morgan fingerprint density at radius 3 is 1.41 bits per heavy atom. The van der Waals surface area contributed by atoms with E-state index in [9.17, 15) is 0 Å². The molecule has 0 aliphatic rings. The van der Waals surface area contributed by atoms with E-state index in [1.54, 1.807) is 0 Å². The number of hydrogen-bond donors (Lipinski definition) is 0. The van der Waals surface area contributed by atoms with E-state index >= 15 is 0 Å². The van der Waals surface area contributed by atoms with Crippen molar-refractivity contribution in [3.63, 3.8) is 0 Å². The summed E-state index contributed by atoms with van der Waals surface area (Å²) in [7, 11) is 0. The molecule has 0 bridgehead atoms. The summed E-state index contributed by atoms with van der Waals surface area (Å²) < 4.78 is 4.71. The summed E-state index contributed by atoms with van der Waals surface area (Å²) in [6.07, 6.45) is 4.44. The van der Waals surface area contributed by atoms with Crippen LogP contribution >= 0.6 is 0 Å². The van der Waals surface area contributed by atoms with Crippen LogP contribution in [-0.2, 0) is 0 Å². The first-order valence-electron chi connectivity index (χ1n) is 20.0. The number of fused-ring (bicyclic) bond motifs is 4. The first-order valence-corrected chi connectivity index (χ1v) is 20.0. The summed E-state index contributed by atoms with van der Waals surface area (Å²) in [5, 5.41) is 5.88. The molecule has 0 fully saturated rings. The molecule has 0 unspecified atom stereocenters. The van der Waals surface area contributed by atoms with Crippen molar-refractivity contribution in [2.24, 2.45) is 0 Å². The lowest BCUT2D eigenvalue weighted by Gasteiger charge is -2.10. The van der Waals surface area contributed by atoms with E-state index in [4.69, 9.17) is 15.0 Å². The summed E-state index contributed by atoms with van der Waals surface area (Å²) >= 11 is 0. The van der Waals surface area contributed by atoms with Crippen molar-refractivity contribution in [1.82, 2.24) is 24.1 Å². The van der Waals surface area contributed by atoms with Gasteiger partial charge in [-0.15, -0.1) is 0 Å². The Morgan fingerprint density at radius 2 is 0.879 bits per heavy atom. The van der Waals surface area contributed by atoms with Gasteiger partial charge in [0.25, 0.3) is 0 Å². The van der Waals surface area contributed by atoms with E-state index in [0.29, 0.717) is 17.5 Å². The minimum Gasteiger partial charge on any atom is -0.310 e. The topological polar surface area (TPSA) is 48.5 Å². The van der Waals surface area contributed by atoms with Gasteiger partial charge in [0.1, 0.15) is 0 Å². The molecule has 3 heterocycles. The second-order valence-corrected chi connectivity index (χ2v) is 13.9. The third-order valence-corrected chi connectivity index (χ3v) is 10.7. The maximum Gasteiger partial charge on any atom is 0.164 e. The molecule has 5 heteroatoms. The maximum absolute atomic E-state index is 5.18. The summed E-state index contributed by atoms with van der Waals surface area (Å²) in [6.45, 7) is 8.25. The van der Waals surface area contributed by atoms with E-state index < -0.39 is 0 Å². The first-order chi connectivity index (χ1) is 28.7. The van der Waals surface area contributed by atoms with E-state index in [1.807, 2.05) is 50.2 Å². The second-order valence-electron chi connectivity index (χ2n) is 13.9. The lowest BCUT2D eigenvalue weighted by molar-refractivity contribution is 1.07. The Kier molecular flexibility index (Phi) is 9.78. The van der Waals surface area contributed by atoms with Gasteiger partial charge >= 0.3 is 0 Å². The quantitative estimate of drug-likeness (QED) is 0.170. The van der Waals surface area contributed by atoms with Crippen LogP contribution in [0.1, 0.15) is 27.7 Å². The number of benzene rings is 7. The Bertz CT molecular complexity index is 3120. The van der Waals surface area contributed by atoms with Crippen LogP contribution in [0.4, 0.5) is 0 Å². The van der Waals surface area contributed by atoms with Gasteiger partial charge in [0.2, 0.25) is 0 Å². The highest BCUT2D eigenvalue weighted by Gasteiger charge is 2.21. The number of hydrogen-bond acceptors (Lipinski definition) is 3. The molecule has 7 aromatic carbocycles. The van der Waals surface area contributed by atoms with E-state index in [-0.39, 0.29) is 0 Å². The Morgan fingerprint density at radius 1 is 0.397 bits per heavy atom. The number of para-hydroxylation sites is 2. The molecule has 0 aliphatic heterocycles. The highest BCUT2D eigenvalue weighted by Crippen LogP contribution is 2.40. The van der Waals surface area contributed by atoms with Crippen LogP contribution in [0.2, 0.25) is 0 Å². The van der Waals surface area contributed by atoms with Crippen LogP contribution in [0, 0.1) is 0 Å². The number of rotatable bonds is 6. The molecule has 58 heavy (non-hydrogen) atoms. The van der Waals surface area contributed by atoms with Gasteiger partial charge in [0.15, 0.2) is 17.5 Å². The van der Waals surface area contributed by atoms with E-state index in [1.165, 1.54) is 21.5 Å². The highest BCUT2D eigenvalue weighted by molar-refractivity contribution is 6.16. The van der Waals surface area contributed by atoms with Crippen molar-refractivity contribution >= 4 is 44.9 Å². The Hall–Kier alpha value is -7.37. The average Bonchev–Trinajstić information content (AvgIpc) is 3.82. The van der Waals surface area contributed by atoms with Crippen LogP contribution in [0.25, 0.3) is 102 Å². The standard InChI is InChI=1S/C51H37N5.C2H6/c1-3-40-42-32-36(28-30-45(42)55(44(40)4-2)38-22-13-7-14-23-38)37-29-31-46-43(33-37)48-41(26-17-27-47(48)56(46)39-24-15-8-16-25-39)51-53-49(34-18-9-5-10-19-34)52-50(54-51)35-20-11-6-12-21-35;1-2/h3-33H,1-2H3;1-2H3/b40-3-,44-4+;. The summed E-state index contributed by atoms with van der Waals surface area (Å²) in [4.78, 5) is 15.3. The lowest BCUT2D eigenvalue weighted by Crippen LogP contribution is -2.27. The molecule has 3 aromatic heterocycles. The Labute approximate surface area is 338 Å². The van der Waals surface area contributed by atoms with Gasteiger partial charge in [-0.3, -0.25) is 0 Å². The van der Waals surface area contributed by atoms with Crippen molar-refractivity contribution in [3.8, 4) is 56.7 Å². The van der Waals surface area contributed by atoms with Crippen LogP contribution in [0.3, 0.4) is 0 Å². The largest absolute Gasteiger partial charge is 0.310 e. The molecule has 0 saturated carbocycles. The zero-order valence-corrected chi connectivity index (χ0v) is 33.1. The van der Waals surface area contributed by atoms with Gasteiger partial charge < -0.3 is 9.13 Å². The van der Waals surface area contributed by atoms with Gasteiger partial charge in [-0.05, 0) is 79.6 Å². The minimum atomic E-state index is 0.635. The molecule has 0 saturated heterocycles. The van der Waals surface area contributed by atoms with Gasteiger partial charge in [-0.2, -0.15) is 0 Å². The normalized spacial score (nSPS) is 12.0. The monoisotopic (exact) mass is 749 g/mol. The summed E-state index contributed by atoms with van der Waals surface area (Å²) in [6, 6.07) is 61.7. The van der Waals surface area contributed by atoms with Crippen LogP contribution in [0.15, 0.2) is 176 Å². The molecular formula is C53H43N5. The molecular weight excluding hydrogens is 707 g/mol. The molecule has 5 nitrogen and oxygen atoms in total. The molecule has 10 aromatic rings. The molecule has 0 atom stereocenters. The van der Waals surface area contributed by atoms with E-state index in [2.05, 4.69) is 175 Å². The van der Waals surface area contributed by atoms with Crippen LogP contribution in [0.5, 0.6) is 0 Å². The fourth-order valence-electron chi connectivity index (χ4n) is 8.18. The first kappa shape index (κ1) is 36.3. The molecule has 280 valence electrons. The molecule has 10 rings (SSSR count). The molecule has 0 aliphatic carbocycles. The van der Waals surface area contributed by atoms with Crippen molar-refractivity contribution in [1.29, 1.82) is 0 Å². The summed E-state index contributed by atoms with van der Waals surface area (Å²) in [5.41, 5.74) is 10.8. The zero-order valence-electron chi connectivity index (χ0n) is 33.1. The van der Waals surface area contributed by atoms with Crippen LogP contribution in [-0.4, -0.2) is 24.1 Å². The van der Waals surface area contributed by atoms with Gasteiger partial charge in [-0.25, -0.2) is 15.0 Å². The van der Waals surface area contributed by atoms with Crippen LogP contribution < -0.4 is 10.6 Å². The van der Waals surface area contributed by atoms with Gasteiger partial charge in [0.05, 0.1) is 16.6 Å². The van der Waals surface area contributed by atoms with Crippen molar-refractivity contribution in [2.75, 3.05) is 0 Å². The molecule has 0 N–H and O–H groups in total. The third kappa shape index (κ3) is 6.27. The van der Waals surface area contributed by atoms with Gasteiger partial charge in [0, 0.05) is 54.8 Å². The summed E-state index contributed by atoms with van der Waals surface area (Å²) in [5.74, 6) is 1.92. The number of aromatic nitrogens is 5. The van der Waals surface area contributed by atoms with Crippen molar-refractivity contribution in [3.05, 3.63) is 186 Å².